The molecule has 0 spiro atoms. The SMILES string of the molecule is N=CCCNC1CC(O)C1. The van der Waals surface area contributed by atoms with Gasteiger partial charge in [-0.15, -0.1) is 0 Å². The van der Waals surface area contributed by atoms with Crippen LogP contribution in [0.2, 0.25) is 0 Å². The van der Waals surface area contributed by atoms with E-state index < -0.39 is 0 Å². The monoisotopic (exact) mass is 142 g/mol. The Balaban J connectivity index is 1.90. The molecule has 3 N–H and O–H groups in total. The van der Waals surface area contributed by atoms with Crippen LogP contribution in [0.15, 0.2) is 0 Å². The van der Waals surface area contributed by atoms with Crippen molar-refractivity contribution in [2.24, 2.45) is 0 Å². The van der Waals surface area contributed by atoms with E-state index in [1.165, 1.54) is 6.21 Å². The van der Waals surface area contributed by atoms with Gasteiger partial charge in [0.2, 0.25) is 0 Å². The lowest BCUT2D eigenvalue weighted by Gasteiger charge is -2.31. The standard InChI is InChI=1S/C7H14N2O/c8-2-1-3-9-6-4-7(10)5-6/h2,6-10H,1,3-5H2. The van der Waals surface area contributed by atoms with Crippen LogP contribution in [0.25, 0.3) is 0 Å². The number of hydrogen-bond donors (Lipinski definition) is 3. The molecule has 0 aromatic heterocycles. The van der Waals surface area contributed by atoms with Crippen molar-refractivity contribution in [1.82, 2.24) is 5.32 Å². The molecular weight excluding hydrogens is 128 g/mol. The van der Waals surface area contributed by atoms with Crippen LogP contribution in [0.5, 0.6) is 0 Å². The van der Waals surface area contributed by atoms with E-state index in [1.54, 1.807) is 0 Å². The van der Waals surface area contributed by atoms with Gasteiger partial charge >= 0.3 is 0 Å². The number of aliphatic hydroxyl groups excluding tert-OH is 1. The molecule has 0 heterocycles. The fourth-order valence-electron chi connectivity index (χ4n) is 1.11. The van der Waals surface area contributed by atoms with E-state index in [1.807, 2.05) is 0 Å². The predicted octanol–water partition coefficient (Wildman–Crippen LogP) is 0.139. The molecule has 1 fully saturated rings. The average molecular weight is 142 g/mol. The Kier molecular flexibility index (Phi) is 2.83. The Hall–Kier alpha value is -0.410. The van der Waals surface area contributed by atoms with Gasteiger partial charge in [0.15, 0.2) is 0 Å². The molecule has 0 radical (unpaired) electrons. The molecule has 0 saturated heterocycles. The summed E-state index contributed by atoms with van der Waals surface area (Å²) >= 11 is 0. The van der Waals surface area contributed by atoms with Gasteiger partial charge < -0.3 is 15.8 Å². The summed E-state index contributed by atoms with van der Waals surface area (Å²) in [5.41, 5.74) is 0. The van der Waals surface area contributed by atoms with Crippen molar-refractivity contribution in [3.8, 4) is 0 Å². The minimum Gasteiger partial charge on any atom is -0.393 e. The summed E-state index contributed by atoms with van der Waals surface area (Å²) < 4.78 is 0. The average Bonchev–Trinajstić information content (AvgIpc) is 1.85. The molecule has 10 heavy (non-hydrogen) atoms. The number of hydrogen-bond acceptors (Lipinski definition) is 3. The van der Waals surface area contributed by atoms with Gasteiger partial charge in [-0.2, -0.15) is 0 Å². The van der Waals surface area contributed by atoms with Crippen molar-refractivity contribution in [2.45, 2.75) is 31.4 Å². The zero-order chi connectivity index (χ0) is 7.40. The molecule has 58 valence electrons. The molecule has 0 bridgehead atoms. The fourth-order valence-corrected chi connectivity index (χ4v) is 1.11. The van der Waals surface area contributed by atoms with Crippen LogP contribution in [-0.4, -0.2) is 30.0 Å². The first-order valence-electron chi connectivity index (χ1n) is 3.73. The molecule has 3 heteroatoms. The first-order valence-corrected chi connectivity index (χ1v) is 3.73. The molecule has 1 aliphatic carbocycles. The van der Waals surface area contributed by atoms with Gasteiger partial charge in [-0.1, -0.05) is 0 Å². The van der Waals surface area contributed by atoms with Gasteiger partial charge in [-0.25, -0.2) is 0 Å². The molecule has 0 aromatic rings. The molecule has 1 rings (SSSR count). The van der Waals surface area contributed by atoms with Gasteiger partial charge in [-0.05, 0) is 25.5 Å². The summed E-state index contributed by atoms with van der Waals surface area (Å²) in [6.07, 6.45) is 3.91. The van der Waals surface area contributed by atoms with Gasteiger partial charge in [0.05, 0.1) is 6.10 Å². The summed E-state index contributed by atoms with van der Waals surface area (Å²) in [7, 11) is 0. The van der Waals surface area contributed by atoms with Crippen molar-refractivity contribution in [2.75, 3.05) is 6.54 Å². The minimum absolute atomic E-state index is 0.0718. The molecule has 0 aromatic carbocycles. The highest BCUT2D eigenvalue weighted by Crippen LogP contribution is 2.18. The third-order valence-electron chi connectivity index (χ3n) is 1.83. The third kappa shape index (κ3) is 2.08. The van der Waals surface area contributed by atoms with Crippen LogP contribution in [0.4, 0.5) is 0 Å². The molecule has 1 aliphatic rings. The smallest absolute Gasteiger partial charge is 0.0570 e. The zero-order valence-corrected chi connectivity index (χ0v) is 6.01. The highest BCUT2D eigenvalue weighted by Gasteiger charge is 2.25. The zero-order valence-electron chi connectivity index (χ0n) is 6.01. The molecule has 0 aliphatic heterocycles. The Bertz CT molecular complexity index is 110. The Morgan fingerprint density at radius 3 is 2.80 bits per heavy atom. The lowest BCUT2D eigenvalue weighted by Crippen LogP contribution is -2.44. The Morgan fingerprint density at radius 2 is 2.30 bits per heavy atom. The second-order valence-electron chi connectivity index (χ2n) is 2.77. The number of rotatable bonds is 4. The van der Waals surface area contributed by atoms with Crippen molar-refractivity contribution >= 4 is 6.21 Å². The van der Waals surface area contributed by atoms with Crippen LogP contribution in [-0.2, 0) is 0 Å². The fraction of sp³-hybridized carbons (Fsp3) is 0.857. The maximum absolute atomic E-state index is 8.89. The number of aliphatic hydroxyl groups is 1. The van der Waals surface area contributed by atoms with Gasteiger partial charge in [0.1, 0.15) is 0 Å². The summed E-state index contributed by atoms with van der Waals surface area (Å²) in [4.78, 5) is 0. The quantitative estimate of drug-likeness (QED) is 0.386. The second kappa shape index (κ2) is 3.68. The van der Waals surface area contributed by atoms with Gasteiger partial charge in [0.25, 0.3) is 0 Å². The Labute approximate surface area is 61.0 Å². The van der Waals surface area contributed by atoms with E-state index in [0.29, 0.717) is 6.04 Å². The molecule has 3 nitrogen and oxygen atoms in total. The van der Waals surface area contributed by atoms with Crippen LogP contribution in [0.3, 0.4) is 0 Å². The lowest BCUT2D eigenvalue weighted by molar-refractivity contribution is 0.0631. The van der Waals surface area contributed by atoms with E-state index in [0.717, 1.165) is 25.8 Å². The normalized spacial score (nSPS) is 31.3. The molecule has 0 atom stereocenters. The second-order valence-corrected chi connectivity index (χ2v) is 2.77. The maximum atomic E-state index is 8.89. The summed E-state index contributed by atoms with van der Waals surface area (Å²) in [6.45, 7) is 0.876. The molecule has 1 saturated carbocycles. The van der Waals surface area contributed by atoms with Crippen molar-refractivity contribution in [3.05, 3.63) is 0 Å². The van der Waals surface area contributed by atoms with Crippen LogP contribution >= 0.6 is 0 Å². The van der Waals surface area contributed by atoms with Gasteiger partial charge in [-0.3, -0.25) is 0 Å². The van der Waals surface area contributed by atoms with Crippen molar-refractivity contribution < 1.29 is 5.11 Å². The summed E-state index contributed by atoms with van der Waals surface area (Å²) in [5, 5.41) is 18.9. The van der Waals surface area contributed by atoms with Crippen molar-refractivity contribution in [3.63, 3.8) is 0 Å². The topological polar surface area (TPSA) is 56.1 Å². The molecular formula is C7H14N2O. The largest absolute Gasteiger partial charge is 0.393 e. The van der Waals surface area contributed by atoms with E-state index in [2.05, 4.69) is 5.32 Å². The van der Waals surface area contributed by atoms with Gasteiger partial charge in [0, 0.05) is 12.6 Å². The maximum Gasteiger partial charge on any atom is 0.0570 e. The van der Waals surface area contributed by atoms with E-state index in [9.17, 15) is 0 Å². The first-order chi connectivity index (χ1) is 4.83. The highest BCUT2D eigenvalue weighted by atomic mass is 16.3. The molecule has 0 amide bonds. The van der Waals surface area contributed by atoms with E-state index >= 15 is 0 Å². The predicted molar refractivity (Wildman–Crippen MR) is 40.4 cm³/mol. The van der Waals surface area contributed by atoms with Crippen LogP contribution in [0.1, 0.15) is 19.3 Å². The third-order valence-corrected chi connectivity index (χ3v) is 1.83. The Morgan fingerprint density at radius 1 is 1.60 bits per heavy atom. The minimum atomic E-state index is -0.0718. The lowest BCUT2D eigenvalue weighted by atomic mass is 9.89. The molecule has 0 unspecified atom stereocenters. The van der Waals surface area contributed by atoms with E-state index in [-0.39, 0.29) is 6.10 Å². The summed E-state index contributed by atoms with van der Waals surface area (Å²) in [5.74, 6) is 0. The van der Waals surface area contributed by atoms with Crippen LogP contribution < -0.4 is 5.32 Å². The van der Waals surface area contributed by atoms with Crippen molar-refractivity contribution in [1.29, 1.82) is 5.41 Å². The summed E-state index contributed by atoms with van der Waals surface area (Å²) in [6, 6.07) is 0.509. The number of nitrogens with one attached hydrogen (secondary N) is 2. The highest BCUT2D eigenvalue weighted by molar-refractivity contribution is 5.52. The first kappa shape index (κ1) is 7.69. The van der Waals surface area contributed by atoms with Crippen LogP contribution in [0, 0.1) is 5.41 Å². The van der Waals surface area contributed by atoms with E-state index in [4.69, 9.17) is 10.5 Å².